The van der Waals surface area contributed by atoms with Crippen molar-refractivity contribution < 1.29 is 29.7 Å². The third kappa shape index (κ3) is 3.06. The predicted octanol–water partition coefficient (Wildman–Crippen LogP) is 0.715. The van der Waals surface area contributed by atoms with Crippen LogP contribution >= 0.6 is 0 Å². The highest BCUT2D eigenvalue weighted by Gasteiger charge is 2.64. The molecule has 1 heterocycles. The summed E-state index contributed by atoms with van der Waals surface area (Å²) in [5.74, 6) is -5.47. The number of fused-ring (bicyclic) bond motifs is 3. The van der Waals surface area contributed by atoms with Gasteiger partial charge in [0.25, 0.3) is 5.91 Å². The van der Waals surface area contributed by atoms with E-state index in [0.29, 0.717) is 23.4 Å². The third-order valence-electron chi connectivity index (χ3n) is 7.31. The average Bonchev–Trinajstić information content (AvgIpc) is 2.81. The van der Waals surface area contributed by atoms with Gasteiger partial charge in [-0.1, -0.05) is 18.2 Å². The van der Waals surface area contributed by atoms with Gasteiger partial charge in [0.1, 0.15) is 17.1 Å². The minimum atomic E-state index is -2.58. The Morgan fingerprint density at radius 3 is 2.40 bits per heavy atom. The fourth-order valence-electron chi connectivity index (χ4n) is 5.82. The van der Waals surface area contributed by atoms with Gasteiger partial charge in [-0.3, -0.25) is 19.3 Å². The Balaban J connectivity index is 1.72. The number of aromatic nitrogens is 2. The van der Waals surface area contributed by atoms with Crippen LogP contribution in [0.25, 0.3) is 17.1 Å². The van der Waals surface area contributed by atoms with Crippen molar-refractivity contribution in [1.29, 1.82) is 0 Å². The maximum atomic E-state index is 13.8. The Hall–Kier alpha value is -3.89. The lowest BCUT2D eigenvalue weighted by Gasteiger charge is -2.50. The number of aliphatic hydroxyl groups excluding tert-OH is 2. The van der Waals surface area contributed by atoms with Crippen molar-refractivity contribution in [2.75, 3.05) is 14.1 Å². The number of nitrogens with zero attached hydrogens (tertiary/aromatic N) is 3. The molecule has 1 aromatic heterocycles. The maximum absolute atomic E-state index is 13.8. The van der Waals surface area contributed by atoms with Crippen LogP contribution in [-0.4, -0.2) is 73.4 Å². The SMILES string of the molecule is CN(C)[C@H]1C(=O)C(C(N)=O)=C(O)[C@@]2(O)C(=O)C3=C(O)c4cccc(-c5ncccn5)c4CC3CC12. The molecule has 5 rings (SSSR count). The van der Waals surface area contributed by atoms with Crippen molar-refractivity contribution in [3.63, 3.8) is 0 Å². The number of amides is 1. The lowest BCUT2D eigenvalue weighted by Crippen LogP contribution is -2.65. The molecule has 10 nitrogen and oxygen atoms in total. The number of hydrogen-bond donors (Lipinski definition) is 4. The molecule has 1 saturated carbocycles. The van der Waals surface area contributed by atoms with Crippen molar-refractivity contribution in [3.05, 3.63) is 64.7 Å². The van der Waals surface area contributed by atoms with Gasteiger partial charge < -0.3 is 21.1 Å². The number of likely N-dealkylation sites (N-methyl/N-ethyl adjacent to an activating group) is 1. The number of ketones is 2. The van der Waals surface area contributed by atoms with E-state index in [1.54, 1.807) is 44.7 Å². The highest BCUT2D eigenvalue weighted by atomic mass is 16.3. The first-order valence-electron chi connectivity index (χ1n) is 11.1. The van der Waals surface area contributed by atoms with Crippen LogP contribution in [-0.2, 0) is 20.8 Å². The van der Waals surface area contributed by atoms with E-state index in [2.05, 4.69) is 9.97 Å². The minimum absolute atomic E-state index is 0.0513. The minimum Gasteiger partial charge on any atom is -0.508 e. The van der Waals surface area contributed by atoms with Crippen LogP contribution in [0.15, 0.2) is 53.6 Å². The molecule has 0 saturated heterocycles. The Labute approximate surface area is 200 Å². The highest BCUT2D eigenvalue weighted by molar-refractivity contribution is 6.24. The smallest absolute Gasteiger partial charge is 0.255 e. The summed E-state index contributed by atoms with van der Waals surface area (Å²) in [5.41, 5.74) is 3.75. The van der Waals surface area contributed by atoms with Crippen LogP contribution in [0.2, 0.25) is 0 Å². The number of hydrogen-bond acceptors (Lipinski definition) is 9. The molecular formula is C25H24N4O6. The van der Waals surface area contributed by atoms with Crippen molar-refractivity contribution in [1.82, 2.24) is 14.9 Å². The second-order valence-electron chi connectivity index (χ2n) is 9.37. The molecule has 0 radical (unpaired) electrons. The lowest BCUT2D eigenvalue weighted by molar-refractivity contribution is -0.153. The van der Waals surface area contributed by atoms with Gasteiger partial charge in [0.15, 0.2) is 17.2 Å². The Bertz CT molecular complexity index is 1350. The number of aliphatic hydroxyl groups is 3. The van der Waals surface area contributed by atoms with Crippen LogP contribution in [0, 0.1) is 11.8 Å². The fraction of sp³-hybridized carbons (Fsp3) is 0.320. The van der Waals surface area contributed by atoms with E-state index >= 15 is 0 Å². The van der Waals surface area contributed by atoms with Gasteiger partial charge in [-0.15, -0.1) is 0 Å². The van der Waals surface area contributed by atoms with Gasteiger partial charge in [0, 0.05) is 35.0 Å². The Morgan fingerprint density at radius 1 is 1.11 bits per heavy atom. The Morgan fingerprint density at radius 2 is 1.77 bits per heavy atom. The second-order valence-corrected chi connectivity index (χ2v) is 9.37. The molecule has 1 fully saturated rings. The number of carbonyl (C=O) groups is 3. The lowest BCUT2D eigenvalue weighted by atomic mass is 9.57. The van der Waals surface area contributed by atoms with E-state index in [1.165, 1.54) is 4.90 Å². The number of benzene rings is 1. The van der Waals surface area contributed by atoms with Gasteiger partial charge in [-0.05, 0) is 44.5 Å². The molecule has 0 aliphatic heterocycles. The first kappa shape index (κ1) is 22.9. The molecule has 3 aliphatic rings. The zero-order chi connectivity index (χ0) is 25.2. The molecule has 35 heavy (non-hydrogen) atoms. The van der Waals surface area contributed by atoms with E-state index < -0.39 is 52.3 Å². The van der Waals surface area contributed by atoms with Crippen molar-refractivity contribution in [2.24, 2.45) is 17.6 Å². The average molecular weight is 476 g/mol. The van der Waals surface area contributed by atoms with E-state index in [1.807, 2.05) is 6.07 Å². The molecular weight excluding hydrogens is 452 g/mol. The van der Waals surface area contributed by atoms with Gasteiger partial charge in [0.05, 0.1) is 6.04 Å². The van der Waals surface area contributed by atoms with Crippen LogP contribution in [0.1, 0.15) is 17.5 Å². The molecule has 2 aromatic rings. The van der Waals surface area contributed by atoms with Crippen LogP contribution in [0.4, 0.5) is 0 Å². The Kier molecular flexibility index (Phi) is 5.11. The van der Waals surface area contributed by atoms with E-state index in [0.717, 1.165) is 5.56 Å². The zero-order valence-corrected chi connectivity index (χ0v) is 19.1. The number of nitrogens with two attached hydrogens (primary N) is 1. The summed E-state index contributed by atoms with van der Waals surface area (Å²) in [4.78, 5) is 49.0. The molecule has 0 spiro atoms. The van der Waals surface area contributed by atoms with Gasteiger partial charge in [-0.2, -0.15) is 0 Å². The normalized spacial score (nSPS) is 28.1. The first-order valence-corrected chi connectivity index (χ1v) is 11.1. The summed E-state index contributed by atoms with van der Waals surface area (Å²) in [6.45, 7) is 0. The highest BCUT2D eigenvalue weighted by Crippen LogP contribution is 2.52. The first-order chi connectivity index (χ1) is 16.6. The van der Waals surface area contributed by atoms with E-state index in [-0.39, 0.29) is 17.8 Å². The largest absolute Gasteiger partial charge is 0.508 e. The molecule has 0 bridgehead atoms. The molecule has 5 N–H and O–H groups in total. The third-order valence-corrected chi connectivity index (χ3v) is 7.31. The van der Waals surface area contributed by atoms with Crippen molar-refractivity contribution in [3.8, 4) is 11.4 Å². The van der Waals surface area contributed by atoms with E-state index in [9.17, 15) is 29.7 Å². The second kappa shape index (κ2) is 7.82. The molecule has 180 valence electrons. The molecule has 2 unspecified atom stereocenters. The van der Waals surface area contributed by atoms with E-state index in [4.69, 9.17) is 5.73 Å². The molecule has 4 atom stereocenters. The number of carbonyl (C=O) groups excluding carboxylic acids is 3. The summed E-state index contributed by atoms with van der Waals surface area (Å²) >= 11 is 0. The summed E-state index contributed by atoms with van der Waals surface area (Å²) in [6.07, 6.45) is 3.63. The van der Waals surface area contributed by atoms with Gasteiger partial charge in [-0.25, -0.2) is 9.97 Å². The number of Topliss-reactive ketones (excluding diaryl/α,β-unsaturated/α-hetero) is 2. The summed E-state index contributed by atoms with van der Waals surface area (Å²) < 4.78 is 0. The molecule has 1 aromatic carbocycles. The molecule has 3 aliphatic carbocycles. The predicted molar refractivity (Wildman–Crippen MR) is 124 cm³/mol. The number of rotatable bonds is 3. The van der Waals surface area contributed by atoms with Gasteiger partial charge in [0.2, 0.25) is 5.78 Å². The standard InChI is InChI=1S/C25H24N4O6/c1-29(2)18-15-10-11-9-14-12(5-3-6-13(14)24-27-7-4-8-28-24)19(30)16(11)21(32)25(15,35)22(33)17(20(18)31)23(26)34/h3-8,11,15,18,30,33,35H,9-10H2,1-2H3,(H2,26,34)/t11?,15?,18-,25+/m1/s1. The van der Waals surface area contributed by atoms with Crippen molar-refractivity contribution in [2.45, 2.75) is 24.5 Å². The monoisotopic (exact) mass is 476 g/mol. The summed E-state index contributed by atoms with van der Waals surface area (Å²) in [6, 6.07) is 5.79. The maximum Gasteiger partial charge on any atom is 0.255 e. The quantitative estimate of drug-likeness (QED) is 0.467. The van der Waals surface area contributed by atoms with Crippen LogP contribution in [0.3, 0.4) is 0 Å². The summed E-state index contributed by atoms with van der Waals surface area (Å²) in [5, 5.41) is 33.7. The molecule has 10 heteroatoms. The van der Waals surface area contributed by atoms with Crippen LogP contribution in [0.5, 0.6) is 0 Å². The number of primary amides is 1. The van der Waals surface area contributed by atoms with Crippen molar-refractivity contribution >= 4 is 23.2 Å². The van der Waals surface area contributed by atoms with Gasteiger partial charge >= 0.3 is 0 Å². The topological polar surface area (TPSA) is 167 Å². The van der Waals surface area contributed by atoms with Crippen LogP contribution < -0.4 is 5.73 Å². The summed E-state index contributed by atoms with van der Waals surface area (Å²) in [7, 11) is 3.16. The fourth-order valence-corrected chi connectivity index (χ4v) is 5.82. The molecule has 1 amide bonds. The zero-order valence-electron chi connectivity index (χ0n) is 19.1.